The smallest absolute Gasteiger partial charge is 0.358 e. The minimum absolute atomic E-state index is 0.609. The largest absolute Gasteiger partial charge is 0.423 e. The molecule has 0 spiro atoms. The molecule has 0 unspecified atom stereocenters. The maximum absolute atomic E-state index is 11.6. The molecular weight excluding hydrogens is 406 g/mol. The molecule has 15 heteroatoms. The molecule has 1 heterocycles. The first-order valence-electron chi connectivity index (χ1n) is 7.71. The van der Waals surface area contributed by atoms with Crippen LogP contribution in [0, 0.1) is 0 Å². The summed E-state index contributed by atoms with van der Waals surface area (Å²) in [6.07, 6.45) is 0. The molecule has 0 saturated carbocycles. The van der Waals surface area contributed by atoms with Gasteiger partial charge in [-0.05, 0) is 0 Å². The highest BCUT2D eigenvalue weighted by atomic mass is 16.9. The highest BCUT2D eigenvalue weighted by molar-refractivity contribution is 5.70. The first-order chi connectivity index (χ1) is 12.9. The second-order valence-electron chi connectivity index (χ2n) is 6.02. The molecule has 0 radical (unpaired) electrons. The number of carbonyl (C=O) groups is 4. The Morgan fingerprint density at radius 3 is 1.41 bits per heavy atom. The summed E-state index contributed by atoms with van der Waals surface area (Å²) in [7, 11) is 0. The molecule has 1 saturated heterocycles. The van der Waals surface area contributed by atoms with Gasteiger partial charge >= 0.3 is 52.9 Å². The maximum atomic E-state index is 11.6. The van der Waals surface area contributed by atoms with Crippen LogP contribution in [-0.2, 0) is 42.9 Å². The van der Waals surface area contributed by atoms with Crippen LogP contribution in [0.2, 0.25) is 0 Å². The van der Waals surface area contributed by atoms with Gasteiger partial charge in [0.1, 0.15) is 6.61 Å². The first kappa shape index (κ1) is 24.6. The summed E-state index contributed by atoms with van der Waals surface area (Å²) in [5.41, 5.74) is 5.34. The number of aliphatic hydroxyl groups excluding tert-OH is 1. The fraction of sp³-hybridized carbons (Fsp3) is 0.714. The van der Waals surface area contributed by atoms with E-state index < -0.39 is 59.5 Å². The van der Waals surface area contributed by atoms with Gasteiger partial charge in [0.2, 0.25) is 0 Å². The zero-order chi connectivity index (χ0) is 23.1. The molecule has 1 aliphatic rings. The van der Waals surface area contributed by atoms with Crippen LogP contribution in [0.1, 0.15) is 27.7 Å². The van der Waals surface area contributed by atoms with Gasteiger partial charge < -0.3 is 44.5 Å². The van der Waals surface area contributed by atoms with Crippen LogP contribution in [0.5, 0.6) is 0 Å². The van der Waals surface area contributed by atoms with Gasteiger partial charge in [-0.3, -0.25) is 29.6 Å². The SMILES string of the molecule is CC(=O)O[C@]1(CO)O[C@@](N)(O)[C@](O)(OC(C)=O)[C@](O)(OC(C)=O)[C@]1(O)OC(C)=O. The van der Waals surface area contributed by atoms with E-state index in [4.69, 9.17) is 5.73 Å². The zero-order valence-electron chi connectivity index (χ0n) is 15.7. The third kappa shape index (κ3) is 3.64. The highest BCUT2D eigenvalue weighted by Crippen LogP contribution is 2.53. The summed E-state index contributed by atoms with van der Waals surface area (Å²) in [4.78, 5) is 46.1. The second kappa shape index (κ2) is 7.45. The van der Waals surface area contributed by atoms with Crippen molar-refractivity contribution in [1.29, 1.82) is 0 Å². The molecule has 0 aromatic rings. The van der Waals surface area contributed by atoms with Crippen molar-refractivity contribution in [3.8, 4) is 0 Å². The summed E-state index contributed by atoms with van der Waals surface area (Å²) >= 11 is 0. The van der Waals surface area contributed by atoms with Crippen molar-refractivity contribution in [3.05, 3.63) is 0 Å². The summed E-state index contributed by atoms with van der Waals surface area (Å²) < 4.78 is 22.5. The van der Waals surface area contributed by atoms with Crippen molar-refractivity contribution in [2.24, 2.45) is 5.73 Å². The molecule has 0 aliphatic carbocycles. The van der Waals surface area contributed by atoms with Crippen LogP contribution >= 0.6 is 0 Å². The van der Waals surface area contributed by atoms with Crippen molar-refractivity contribution in [1.82, 2.24) is 0 Å². The number of nitrogens with two attached hydrogens (primary N) is 1. The second-order valence-corrected chi connectivity index (χ2v) is 6.02. The van der Waals surface area contributed by atoms with E-state index in [1.54, 1.807) is 0 Å². The molecule has 0 aromatic carbocycles. The molecule has 0 bridgehead atoms. The topological polar surface area (TPSA) is 242 Å². The van der Waals surface area contributed by atoms with Gasteiger partial charge in [-0.2, -0.15) is 0 Å². The molecule has 0 aromatic heterocycles. The number of aliphatic hydroxyl groups is 5. The Labute approximate surface area is 162 Å². The Bertz CT molecular complexity index is 723. The van der Waals surface area contributed by atoms with Crippen molar-refractivity contribution >= 4 is 23.9 Å². The van der Waals surface area contributed by atoms with Crippen molar-refractivity contribution in [2.75, 3.05) is 6.61 Å². The minimum atomic E-state index is -4.23. The predicted octanol–water partition coefficient (Wildman–Crippen LogP) is -4.37. The van der Waals surface area contributed by atoms with Crippen LogP contribution in [0.3, 0.4) is 0 Å². The Kier molecular flexibility index (Phi) is 6.33. The van der Waals surface area contributed by atoms with Crippen molar-refractivity contribution < 1.29 is 68.4 Å². The lowest BCUT2D eigenvalue weighted by Crippen LogP contribution is -2.92. The zero-order valence-corrected chi connectivity index (χ0v) is 15.7. The fourth-order valence-electron chi connectivity index (χ4n) is 2.67. The number of hydrogen-bond acceptors (Lipinski definition) is 15. The van der Waals surface area contributed by atoms with Crippen LogP contribution in [0.25, 0.3) is 0 Å². The van der Waals surface area contributed by atoms with Gasteiger partial charge in [0.15, 0.2) is 0 Å². The quantitative estimate of drug-likeness (QED) is 0.138. The van der Waals surface area contributed by atoms with Crippen molar-refractivity contribution in [3.63, 3.8) is 0 Å². The third-order valence-electron chi connectivity index (χ3n) is 3.63. The lowest BCUT2D eigenvalue weighted by atomic mass is 9.82. The van der Waals surface area contributed by atoms with Gasteiger partial charge in [0.05, 0.1) is 0 Å². The standard InChI is InChI=1S/C14H21NO14/c1-6(17)25-10(5-16)11(21,26-7(2)18)12(22,27-8(3)19)13(23,28-9(4)20)14(15,24)29-10/h16,21-24H,5,15H2,1-4H3/t10-,11-,12-,13-,14+/m1/s1. The van der Waals surface area contributed by atoms with Crippen LogP contribution < -0.4 is 5.73 Å². The Morgan fingerprint density at radius 2 is 1.07 bits per heavy atom. The van der Waals surface area contributed by atoms with Gasteiger partial charge in [-0.1, -0.05) is 0 Å². The summed E-state index contributed by atoms with van der Waals surface area (Å²) in [5.74, 6) is -25.6. The molecule has 0 amide bonds. The monoisotopic (exact) mass is 427 g/mol. The van der Waals surface area contributed by atoms with Gasteiger partial charge in [-0.25, -0.2) is 0 Å². The van der Waals surface area contributed by atoms with Gasteiger partial charge in [-0.15, -0.1) is 0 Å². The molecule has 166 valence electrons. The molecule has 1 rings (SSSR count). The van der Waals surface area contributed by atoms with Crippen LogP contribution in [0.15, 0.2) is 0 Å². The molecule has 15 nitrogen and oxygen atoms in total. The third-order valence-corrected chi connectivity index (χ3v) is 3.63. The molecule has 29 heavy (non-hydrogen) atoms. The predicted molar refractivity (Wildman–Crippen MR) is 82.0 cm³/mol. The van der Waals surface area contributed by atoms with Gasteiger partial charge in [0.25, 0.3) is 0 Å². The molecule has 1 aliphatic heterocycles. The number of hydrogen-bond donors (Lipinski definition) is 6. The maximum Gasteiger partial charge on any atom is 0.358 e. The average Bonchev–Trinajstić information content (AvgIpc) is 2.49. The van der Waals surface area contributed by atoms with Crippen LogP contribution in [-0.4, -0.2) is 85.1 Å². The van der Waals surface area contributed by atoms with E-state index in [1.807, 2.05) is 0 Å². The van der Waals surface area contributed by atoms with E-state index in [0.29, 0.717) is 27.7 Å². The Hall–Kier alpha value is -2.40. The van der Waals surface area contributed by atoms with Crippen LogP contribution in [0.4, 0.5) is 0 Å². The van der Waals surface area contributed by atoms with E-state index in [0.717, 1.165) is 0 Å². The van der Waals surface area contributed by atoms with E-state index >= 15 is 0 Å². The number of ether oxygens (including phenoxy) is 5. The first-order valence-corrected chi connectivity index (χ1v) is 7.71. The van der Waals surface area contributed by atoms with E-state index in [-0.39, 0.29) is 0 Å². The lowest BCUT2D eigenvalue weighted by Gasteiger charge is -2.60. The number of rotatable bonds is 5. The summed E-state index contributed by atoms with van der Waals surface area (Å²) in [6, 6.07) is 0. The van der Waals surface area contributed by atoms with Gasteiger partial charge in [0, 0.05) is 27.7 Å². The van der Waals surface area contributed by atoms with E-state index in [9.17, 15) is 44.7 Å². The molecule has 1 fully saturated rings. The van der Waals surface area contributed by atoms with Crippen molar-refractivity contribution in [2.45, 2.75) is 56.8 Å². The Morgan fingerprint density at radius 1 is 0.724 bits per heavy atom. The highest BCUT2D eigenvalue weighted by Gasteiger charge is 2.90. The number of esters is 4. The molecular formula is C14H21NO14. The van der Waals surface area contributed by atoms with E-state index in [2.05, 4.69) is 23.7 Å². The summed E-state index contributed by atoms with van der Waals surface area (Å²) in [5, 5.41) is 52.8. The lowest BCUT2D eigenvalue weighted by molar-refractivity contribution is -0.599. The average molecular weight is 427 g/mol. The van der Waals surface area contributed by atoms with E-state index in [1.165, 1.54) is 0 Å². The Balaban J connectivity index is 4.04. The normalized spacial score (nSPS) is 39.2. The molecule has 7 N–H and O–H groups in total. The number of carbonyl (C=O) groups excluding carboxylic acids is 4. The minimum Gasteiger partial charge on any atom is -0.423 e. The fourth-order valence-corrected chi connectivity index (χ4v) is 2.67. The summed E-state index contributed by atoms with van der Waals surface area (Å²) in [6.45, 7) is 0.860. The molecule has 5 atom stereocenters.